The second kappa shape index (κ2) is 10.3. The van der Waals surface area contributed by atoms with Crippen molar-refractivity contribution in [1.82, 2.24) is 9.88 Å². The van der Waals surface area contributed by atoms with E-state index in [2.05, 4.69) is 10.0 Å². The van der Waals surface area contributed by atoms with Gasteiger partial charge in [0.05, 0.1) is 39.0 Å². The zero-order chi connectivity index (χ0) is 25.1. The molecule has 1 aliphatic rings. The molecule has 0 aliphatic carbocycles. The average Bonchev–Trinajstić information content (AvgIpc) is 3.51. The van der Waals surface area contributed by atoms with Crippen LogP contribution in [0, 0.1) is 0 Å². The molecule has 1 saturated heterocycles. The van der Waals surface area contributed by atoms with E-state index in [1.807, 2.05) is 30.3 Å². The Labute approximate surface area is 212 Å². The minimum Gasteiger partial charge on any atom is -0.376 e. The first-order chi connectivity index (χ1) is 17.4. The molecule has 36 heavy (non-hydrogen) atoms. The van der Waals surface area contributed by atoms with Gasteiger partial charge in [-0.25, -0.2) is 8.42 Å². The molecule has 5 rings (SSSR count). The smallest absolute Gasteiger partial charge is 0.308 e. The van der Waals surface area contributed by atoms with Crippen LogP contribution in [0.1, 0.15) is 28.8 Å². The second-order valence-corrected chi connectivity index (χ2v) is 11.2. The van der Waals surface area contributed by atoms with E-state index in [1.54, 1.807) is 34.9 Å². The van der Waals surface area contributed by atoms with Crippen LogP contribution in [0.15, 0.2) is 82.5 Å². The molecule has 0 radical (unpaired) electrons. The highest BCUT2D eigenvalue weighted by Crippen LogP contribution is 2.25. The van der Waals surface area contributed by atoms with Crippen LogP contribution in [0.2, 0.25) is 0 Å². The number of carbonyl (C=O) groups is 1. The number of aromatic nitrogens is 1. The predicted molar refractivity (Wildman–Crippen MR) is 140 cm³/mol. The number of para-hydroxylation sites is 1. The quantitative estimate of drug-likeness (QED) is 0.365. The molecule has 186 valence electrons. The molecule has 0 bridgehead atoms. The van der Waals surface area contributed by atoms with Gasteiger partial charge in [0, 0.05) is 13.2 Å². The van der Waals surface area contributed by atoms with Crippen molar-refractivity contribution in [2.24, 2.45) is 0 Å². The number of anilines is 1. The topological polar surface area (TPSA) is 106 Å². The molecule has 1 amide bonds. The van der Waals surface area contributed by atoms with E-state index in [1.165, 1.54) is 12.1 Å². The Balaban J connectivity index is 1.38. The van der Waals surface area contributed by atoms with Crippen molar-refractivity contribution >= 4 is 43.2 Å². The van der Waals surface area contributed by atoms with Gasteiger partial charge in [-0.15, -0.1) is 0 Å². The van der Waals surface area contributed by atoms with Crippen molar-refractivity contribution in [3.05, 3.63) is 93.6 Å². The number of hydrogen-bond acceptors (Lipinski definition) is 6. The zero-order valence-electron chi connectivity index (χ0n) is 19.3. The normalized spacial score (nSPS) is 15.7. The molecule has 1 aliphatic heterocycles. The summed E-state index contributed by atoms with van der Waals surface area (Å²) < 4.78 is 36.7. The number of amides is 1. The first-order valence-corrected chi connectivity index (χ1v) is 13.9. The Morgan fingerprint density at radius 3 is 2.61 bits per heavy atom. The maximum absolute atomic E-state index is 13.2. The maximum atomic E-state index is 13.2. The zero-order valence-corrected chi connectivity index (χ0v) is 21.0. The van der Waals surface area contributed by atoms with Gasteiger partial charge in [-0.1, -0.05) is 53.8 Å². The van der Waals surface area contributed by atoms with Crippen LogP contribution in [0.25, 0.3) is 10.2 Å². The van der Waals surface area contributed by atoms with Gasteiger partial charge < -0.3 is 10.1 Å². The first kappa shape index (κ1) is 24.2. The fourth-order valence-electron chi connectivity index (χ4n) is 4.21. The Kier molecular flexibility index (Phi) is 6.90. The summed E-state index contributed by atoms with van der Waals surface area (Å²) in [7, 11) is -4.01. The number of nitrogens with one attached hydrogen (secondary N) is 2. The number of thiazole rings is 1. The van der Waals surface area contributed by atoms with Gasteiger partial charge in [0.25, 0.3) is 15.9 Å². The lowest BCUT2D eigenvalue weighted by molar-refractivity contribution is 0.0858. The van der Waals surface area contributed by atoms with E-state index in [9.17, 15) is 18.0 Å². The summed E-state index contributed by atoms with van der Waals surface area (Å²) in [5.41, 5.74) is 2.05. The Morgan fingerprint density at radius 1 is 1.06 bits per heavy atom. The minimum atomic E-state index is -4.01. The van der Waals surface area contributed by atoms with E-state index in [0.29, 0.717) is 29.9 Å². The van der Waals surface area contributed by atoms with Gasteiger partial charge in [-0.05, 0) is 48.7 Å². The molecule has 1 fully saturated rings. The van der Waals surface area contributed by atoms with Gasteiger partial charge >= 0.3 is 4.87 Å². The van der Waals surface area contributed by atoms with E-state index in [4.69, 9.17) is 4.74 Å². The lowest BCUT2D eigenvalue weighted by Crippen LogP contribution is -2.32. The van der Waals surface area contributed by atoms with E-state index < -0.39 is 10.0 Å². The summed E-state index contributed by atoms with van der Waals surface area (Å²) in [6.45, 7) is 1.46. The average molecular weight is 524 g/mol. The summed E-state index contributed by atoms with van der Waals surface area (Å²) in [4.78, 5) is 25.3. The Hall–Kier alpha value is -3.47. The van der Waals surface area contributed by atoms with Crippen LogP contribution in [-0.2, 0) is 21.3 Å². The van der Waals surface area contributed by atoms with Crippen LogP contribution < -0.4 is 14.9 Å². The third-order valence-corrected chi connectivity index (χ3v) is 8.37. The molecule has 0 spiro atoms. The molecular weight excluding hydrogens is 498 g/mol. The number of hydrogen-bond donors (Lipinski definition) is 2. The summed E-state index contributed by atoms with van der Waals surface area (Å²) in [5, 5.41) is 2.83. The van der Waals surface area contributed by atoms with Crippen LogP contribution >= 0.6 is 11.3 Å². The van der Waals surface area contributed by atoms with E-state index in [-0.39, 0.29) is 33.0 Å². The molecule has 8 nitrogen and oxygen atoms in total. The first-order valence-electron chi connectivity index (χ1n) is 11.6. The van der Waals surface area contributed by atoms with Crippen molar-refractivity contribution in [1.29, 1.82) is 0 Å². The maximum Gasteiger partial charge on any atom is 0.308 e. The largest absolute Gasteiger partial charge is 0.376 e. The molecule has 0 unspecified atom stereocenters. The van der Waals surface area contributed by atoms with E-state index in [0.717, 1.165) is 29.7 Å². The lowest BCUT2D eigenvalue weighted by Gasteiger charge is -2.14. The van der Waals surface area contributed by atoms with Crippen molar-refractivity contribution in [2.45, 2.75) is 30.4 Å². The third kappa shape index (κ3) is 5.20. The standard InChI is InChI=1S/C26H25N3O5S2/c30-25(27-16-19-9-6-14-34-19)21-10-4-5-11-22(21)28-36(32,33)20-12-13-23-24(15-20)35-26(31)29(23)17-18-7-2-1-3-8-18/h1-5,7-8,10-13,15,19,28H,6,9,14,16-17H2,(H,27,30)/t19-/m1/s1. The monoisotopic (exact) mass is 523 g/mol. The highest BCUT2D eigenvalue weighted by Gasteiger charge is 2.22. The summed E-state index contributed by atoms with van der Waals surface area (Å²) in [6, 6.07) is 20.7. The molecule has 0 saturated carbocycles. The van der Waals surface area contributed by atoms with Crippen molar-refractivity contribution < 1.29 is 17.9 Å². The molecular formula is C26H25N3O5S2. The number of fused-ring (bicyclic) bond motifs is 1. The molecule has 2 heterocycles. The van der Waals surface area contributed by atoms with Crippen molar-refractivity contribution in [3.8, 4) is 0 Å². The Morgan fingerprint density at radius 2 is 1.83 bits per heavy atom. The van der Waals surface area contributed by atoms with Crippen molar-refractivity contribution in [3.63, 3.8) is 0 Å². The van der Waals surface area contributed by atoms with Gasteiger partial charge in [0.1, 0.15) is 0 Å². The lowest BCUT2D eigenvalue weighted by atomic mass is 10.1. The number of rotatable bonds is 8. The number of nitrogens with zero attached hydrogens (tertiary/aromatic N) is 1. The predicted octanol–water partition coefficient (Wildman–Crippen LogP) is 3.82. The molecule has 3 aromatic carbocycles. The fourth-order valence-corrected chi connectivity index (χ4v) is 6.32. The molecule has 10 heteroatoms. The molecule has 4 aromatic rings. The van der Waals surface area contributed by atoms with E-state index >= 15 is 0 Å². The van der Waals surface area contributed by atoms with Crippen LogP contribution in [0.5, 0.6) is 0 Å². The SMILES string of the molecule is O=C(NC[C@H]1CCCO1)c1ccccc1NS(=O)(=O)c1ccc2c(c1)sc(=O)n2Cc1ccccc1. The highest BCUT2D eigenvalue weighted by atomic mass is 32.2. The van der Waals surface area contributed by atoms with Crippen LogP contribution in [0.3, 0.4) is 0 Å². The molecule has 1 aromatic heterocycles. The number of sulfonamides is 1. The highest BCUT2D eigenvalue weighted by molar-refractivity contribution is 7.92. The fraction of sp³-hybridized carbons (Fsp3) is 0.231. The summed E-state index contributed by atoms with van der Waals surface area (Å²) in [6.07, 6.45) is 1.83. The van der Waals surface area contributed by atoms with Crippen LogP contribution in [-0.4, -0.2) is 38.1 Å². The van der Waals surface area contributed by atoms with Gasteiger partial charge in [-0.3, -0.25) is 18.9 Å². The third-order valence-electron chi connectivity index (χ3n) is 6.06. The second-order valence-electron chi connectivity index (χ2n) is 8.57. The van der Waals surface area contributed by atoms with Gasteiger partial charge in [0.2, 0.25) is 0 Å². The number of ether oxygens (including phenoxy) is 1. The summed E-state index contributed by atoms with van der Waals surface area (Å²) in [5.74, 6) is -0.379. The Bertz CT molecular complexity index is 1560. The van der Waals surface area contributed by atoms with Crippen molar-refractivity contribution in [2.75, 3.05) is 17.9 Å². The van der Waals surface area contributed by atoms with Gasteiger partial charge in [0.15, 0.2) is 0 Å². The molecule has 2 N–H and O–H groups in total. The molecule has 1 atom stereocenters. The number of benzene rings is 3. The summed E-state index contributed by atoms with van der Waals surface area (Å²) >= 11 is 1.00. The van der Waals surface area contributed by atoms with Gasteiger partial charge in [-0.2, -0.15) is 0 Å². The minimum absolute atomic E-state index is 0.0117. The van der Waals surface area contributed by atoms with Crippen LogP contribution in [0.4, 0.5) is 5.69 Å². The number of carbonyl (C=O) groups excluding carboxylic acids is 1.